The van der Waals surface area contributed by atoms with Gasteiger partial charge in [0.25, 0.3) is 5.91 Å². The second-order valence-corrected chi connectivity index (χ2v) is 6.34. The summed E-state index contributed by atoms with van der Waals surface area (Å²) in [6.45, 7) is 3.55. The van der Waals surface area contributed by atoms with E-state index in [-0.39, 0.29) is 31.0 Å². The third kappa shape index (κ3) is 6.96. The Morgan fingerprint density at radius 2 is 2.10 bits per heavy atom. The highest BCUT2D eigenvalue weighted by Crippen LogP contribution is 2.20. The Morgan fingerprint density at radius 3 is 2.76 bits per heavy atom. The maximum Gasteiger partial charge on any atom is 0.328 e. The number of β-amino-alcohol motifs (C(OH)–C–C–N with tert-alkyl or cyclic N) is 1. The van der Waals surface area contributed by atoms with Gasteiger partial charge in [-0.25, -0.2) is 4.79 Å². The lowest BCUT2D eigenvalue weighted by Crippen LogP contribution is -2.44. The molecule has 1 aliphatic rings. The smallest absolute Gasteiger partial charge is 0.328 e. The SMILES string of the molecule is CCOC(=O)C(C)NC(=O)CNC(=O)c1cc(O)cc(NC2=NCC(O)CN2)c1. The van der Waals surface area contributed by atoms with Gasteiger partial charge >= 0.3 is 5.97 Å². The van der Waals surface area contributed by atoms with Crippen LogP contribution in [0.5, 0.6) is 5.75 Å². The number of phenols is 1. The second kappa shape index (κ2) is 10.3. The molecule has 0 aromatic heterocycles. The molecule has 11 heteroatoms. The first kappa shape index (κ1) is 22.0. The molecule has 2 unspecified atom stereocenters. The number of guanidine groups is 1. The molecule has 0 fully saturated rings. The van der Waals surface area contributed by atoms with Crippen molar-refractivity contribution >= 4 is 29.4 Å². The molecule has 0 spiro atoms. The van der Waals surface area contributed by atoms with Gasteiger partial charge < -0.3 is 36.2 Å². The van der Waals surface area contributed by atoms with E-state index in [1.54, 1.807) is 6.92 Å². The molecule has 29 heavy (non-hydrogen) atoms. The summed E-state index contributed by atoms with van der Waals surface area (Å²) < 4.78 is 4.79. The number of nitrogens with zero attached hydrogens (tertiary/aromatic N) is 1. The van der Waals surface area contributed by atoms with Crippen LogP contribution in [0.3, 0.4) is 0 Å². The van der Waals surface area contributed by atoms with E-state index in [4.69, 9.17) is 4.74 Å². The zero-order chi connectivity index (χ0) is 21.4. The van der Waals surface area contributed by atoms with E-state index in [2.05, 4.69) is 26.3 Å². The van der Waals surface area contributed by atoms with Crippen molar-refractivity contribution in [1.29, 1.82) is 0 Å². The molecule has 6 N–H and O–H groups in total. The number of aliphatic hydroxyl groups excluding tert-OH is 1. The number of anilines is 1. The number of carbonyl (C=O) groups excluding carboxylic acids is 3. The van der Waals surface area contributed by atoms with Crippen molar-refractivity contribution in [3.8, 4) is 5.75 Å². The molecule has 0 saturated carbocycles. The first-order valence-corrected chi connectivity index (χ1v) is 9.10. The second-order valence-electron chi connectivity index (χ2n) is 6.34. The number of esters is 1. The van der Waals surface area contributed by atoms with Crippen molar-refractivity contribution in [2.24, 2.45) is 4.99 Å². The van der Waals surface area contributed by atoms with Gasteiger partial charge in [-0.1, -0.05) is 0 Å². The van der Waals surface area contributed by atoms with Crippen molar-refractivity contribution in [1.82, 2.24) is 16.0 Å². The van der Waals surface area contributed by atoms with Crippen LogP contribution in [0.4, 0.5) is 5.69 Å². The summed E-state index contributed by atoms with van der Waals surface area (Å²) in [5, 5.41) is 29.9. The lowest BCUT2D eigenvalue weighted by molar-refractivity contribution is -0.146. The van der Waals surface area contributed by atoms with Gasteiger partial charge in [-0.05, 0) is 26.0 Å². The monoisotopic (exact) mass is 407 g/mol. The van der Waals surface area contributed by atoms with Crippen LogP contribution in [-0.2, 0) is 14.3 Å². The highest BCUT2D eigenvalue weighted by atomic mass is 16.5. The minimum atomic E-state index is -0.835. The molecular formula is C18H25N5O6. The summed E-state index contributed by atoms with van der Waals surface area (Å²) in [4.78, 5) is 39.8. The average Bonchev–Trinajstić information content (AvgIpc) is 2.67. The largest absolute Gasteiger partial charge is 0.508 e. The van der Waals surface area contributed by atoms with Gasteiger partial charge in [0, 0.05) is 23.9 Å². The number of rotatable bonds is 7. The van der Waals surface area contributed by atoms with Gasteiger partial charge in [0.1, 0.15) is 11.8 Å². The van der Waals surface area contributed by atoms with E-state index in [1.165, 1.54) is 25.1 Å². The third-order valence-electron chi connectivity index (χ3n) is 3.84. The van der Waals surface area contributed by atoms with Crippen LogP contribution in [-0.4, -0.2) is 72.3 Å². The zero-order valence-electron chi connectivity index (χ0n) is 16.2. The Bertz CT molecular complexity index is 797. The first-order chi connectivity index (χ1) is 13.8. The number of carbonyl (C=O) groups is 3. The Kier molecular flexibility index (Phi) is 7.78. The lowest BCUT2D eigenvalue weighted by Gasteiger charge is -2.20. The standard InChI is InChI=1S/C18H25N5O6/c1-3-29-17(28)10(2)22-15(26)9-19-16(27)11-4-12(6-13(24)5-11)23-18-20-7-14(25)8-21-18/h4-6,10,14,24-25H,3,7-9H2,1-2H3,(H,19,27)(H,22,26)(H2,20,21,23). The normalized spacial score (nSPS) is 16.7. The topological polar surface area (TPSA) is 161 Å². The molecule has 1 aromatic carbocycles. The van der Waals surface area contributed by atoms with Crippen LogP contribution in [0.1, 0.15) is 24.2 Å². The van der Waals surface area contributed by atoms with Gasteiger partial charge in [0.2, 0.25) is 5.91 Å². The van der Waals surface area contributed by atoms with Crippen molar-refractivity contribution in [3.05, 3.63) is 23.8 Å². The number of aliphatic hydroxyl groups is 1. The van der Waals surface area contributed by atoms with Crippen LogP contribution in [0.25, 0.3) is 0 Å². The fourth-order valence-electron chi connectivity index (χ4n) is 2.45. The number of nitrogens with one attached hydrogen (secondary N) is 4. The van der Waals surface area contributed by atoms with E-state index < -0.39 is 29.9 Å². The molecule has 0 radical (unpaired) electrons. The molecule has 2 amide bonds. The van der Waals surface area contributed by atoms with E-state index in [0.29, 0.717) is 18.2 Å². The molecule has 0 saturated heterocycles. The predicted octanol–water partition coefficient (Wildman–Crippen LogP) is -1.08. The quantitative estimate of drug-likeness (QED) is 0.311. The molecule has 1 aliphatic heterocycles. The highest BCUT2D eigenvalue weighted by molar-refractivity contribution is 6.00. The third-order valence-corrected chi connectivity index (χ3v) is 3.84. The van der Waals surface area contributed by atoms with Gasteiger partial charge in [-0.3, -0.25) is 14.6 Å². The van der Waals surface area contributed by atoms with Gasteiger partial charge in [-0.15, -0.1) is 0 Å². The number of benzene rings is 1. The van der Waals surface area contributed by atoms with Crippen LogP contribution in [0.2, 0.25) is 0 Å². The molecule has 1 heterocycles. The van der Waals surface area contributed by atoms with Crippen molar-refractivity contribution in [2.75, 3.05) is 31.6 Å². The van der Waals surface area contributed by atoms with Crippen molar-refractivity contribution in [3.63, 3.8) is 0 Å². The van der Waals surface area contributed by atoms with E-state index in [1.807, 2.05) is 0 Å². The van der Waals surface area contributed by atoms with E-state index in [9.17, 15) is 24.6 Å². The number of hydrogen-bond donors (Lipinski definition) is 6. The minimum Gasteiger partial charge on any atom is -0.508 e. The molecule has 2 rings (SSSR count). The minimum absolute atomic E-state index is 0.121. The Hall–Kier alpha value is -3.34. The average molecular weight is 407 g/mol. The maximum absolute atomic E-state index is 12.3. The van der Waals surface area contributed by atoms with Crippen molar-refractivity contribution in [2.45, 2.75) is 26.0 Å². The van der Waals surface area contributed by atoms with Crippen LogP contribution >= 0.6 is 0 Å². The van der Waals surface area contributed by atoms with E-state index in [0.717, 1.165) is 0 Å². The zero-order valence-corrected chi connectivity index (χ0v) is 16.2. The molecular weight excluding hydrogens is 382 g/mol. The van der Waals surface area contributed by atoms with Gasteiger partial charge in [0.05, 0.1) is 25.8 Å². The van der Waals surface area contributed by atoms with Crippen LogP contribution in [0.15, 0.2) is 23.2 Å². The number of amides is 2. The number of ether oxygens (including phenoxy) is 1. The molecule has 0 aliphatic carbocycles. The van der Waals surface area contributed by atoms with Gasteiger partial charge in [-0.2, -0.15) is 0 Å². The highest BCUT2D eigenvalue weighted by Gasteiger charge is 2.18. The first-order valence-electron chi connectivity index (χ1n) is 9.10. The number of aliphatic imine (C=N–C) groups is 1. The fourth-order valence-corrected chi connectivity index (χ4v) is 2.45. The molecule has 158 valence electrons. The summed E-state index contributed by atoms with van der Waals surface area (Å²) in [5.41, 5.74) is 0.522. The summed E-state index contributed by atoms with van der Waals surface area (Å²) in [6, 6.07) is 3.29. The summed E-state index contributed by atoms with van der Waals surface area (Å²) >= 11 is 0. The molecule has 0 bridgehead atoms. The van der Waals surface area contributed by atoms with Crippen LogP contribution in [0, 0.1) is 0 Å². The summed E-state index contributed by atoms with van der Waals surface area (Å²) in [6.07, 6.45) is -0.566. The summed E-state index contributed by atoms with van der Waals surface area (Å²) in [5.74, 6) is -1.47. The molecule has 2 atom stereocenters. The van der Waals surface area contributed by atoms with E-state index >= 15 is 0 Å². The molecule has 1 aromatic rings. The Morgan fingerprint density at radius 1 is 1.34 bits per heavy atom. The Balaban J connectivity index is 1.92. The molecule has 11 nitrogen and oxygen atoms in total. The van der Waals surface area contributed by atoms with Crippen molar-refractivity contribution < 1.29 is 29.3 Å². The maximum atomic E-state index is 12.3. The van der Waals surface area contributed by atoms with Crippen LogP contribution < -0.4 is 21.3 Å². The number of hydrogen-bond acceptors (Lipinski definition) is 9. The summed E-state index contributed by atoms with van der Waals surface area (Å²) in [7, 11) is 0. The lowest BCUT2D eigenvalue weighted by atomic mass is 10.1. The number of phenolic OH excluding ortho intramolecular Hbond substituents is 1. The Labute approximate surface area is 167 Å². The fraction of sp³-hybridized carbons (Fsp3) is 0.444. The van der Waals surface area contributed by atoms with Gasteiger partial charge in [0.15, 0.2) is 5.96 Å². The predicted molar refractivity (Wildman–Crippen MR) is 105 cm³/mol. The number of aromatic hydroxyl groups is 1.